The first-order chi connectivity index (χ1) is 36.7. The third kappa shape index (κ3) is 17.9. The molecule has 8 rings (SSSR count). The van der Waals surface area contributed by atoms with E-state index >= 15 is 0 Å². The lowest BCUT2D eigenvalue weighted by molar-refractivity contribution is 0.525. The number of aryl methyl sites for hydroxylation is 4. The Hall–Kier alpha value is -2.76. The predicted octanol–water partition coefficient (Wildman–Crippen LogP) is 25.8. The van der Waals surface area contributed by atoms with E-state index in [9.17, 15) is 0 Å². The smallest absolute Gasteiger partial charge is 0.0542 e. The minimum atomic E-state index is 1.08. The molecule has 0 fully saturated rings. The molecular weight excluding hydrogens is 969 g/mol. The van der Waals surface area contributed by atoms with Crippen molar-refractivity contribution >= 4 is 104 Å². The molecule has 4 aromatic carbocycles. The fourth-order valence-electron chi connectivity index (χ4n) is 12.1. The summed E-state index contributed by atoms with van der Waals surface area (Å²) in [6.07, 6.45) is 56.3. The molecule has 0 saturated heterocycles. The minimum Gasteiger partial charge on any atom is -0.134 e. The van der Waals surface area contributed by atoms with Crippen molar-refractivity contribution < 1.29 is 0 Å². The number of unbranched alkanes of at least 4 members (excludes halogenated alkanes) is 34. The molecule has 0 saturated carbocycles. The molecule has 0 bridgehead atoms. The van der Waals surface area contributed by atoms with Gasteiger partial charge in [0.1, 0.15) is 0 Å². The number of rotatable bonds is 41. The highest BCUT2D eigenvalue weighted by Gasteiger charge is 2.16. The molecule has 8 aromatic rings. The van der Waals surface area contributed by atoms with Crippen LogP contribution in [0.5, 0.6) is 0 Å². The van der Waals surface area contributed by atoms with E-state index in [1.807, 2.05) is 45.3 Å². The van der Waals surface area contributed by atoms with Gasteiger partial charge in [-0.25, -0.2) is 0 Å². The Bertz CT molecular complexity index is 2610. The third-order valence-electron chi connectivity index (χ3n) is 16.8. The second kappa shape index (κ2) is 32.9. The molecule has 74 heavy (non-hydrogen) atoms. The molecule has 0 amide bonds. The molecule has 4 heteroatoms. The van der Waals surface area contributed by atoms with E-state index in [1.165, 1.54) is 325 Å². The maximum Gasteiger partial charge on any atom is 0.0542 e. The zero-order valence-corrected chi connectivity index (χ0v) is 50.1. The highest BCUT2D eigenvalue weighted by atomic mass is 32.1. The van der Waals surface area contributed by atoms with Crippen LogP contribution in [0.25, 0.3) is 59.1 Å². The summed E-state index contributed by atoms with van der Waals surface area (Å²) in [5.74, 6) is 0. The fraction of sp³-hybridized carbons (Fsp3) is 0.600. The maximum absolute atomic E-state index is 2.51. The van der Waals surface area contributed by atoms with Crippen LogP contribution >= 0.6 is 45.3 Å². The van der Waals surface area contributed by atoms with Gasteiger partial charge in [0.15, 0.2) is 0 Å². The molecule has 402 valence electrons. The average molecular weight is 1070 g/mol. The molecule has 0 nitrogen and oxygen atoms in total. The Labute approximate surface area is 466 Å². The lowest BCUT2D eigenvalue weighted by Gasteiger charge is -2.05. The zero-order valence-electron chi connectivity index (χ0n) is 46.8. The van der Waals surface area contributed by atoms with Crippen molar-refractivity contribution in [1.29, 1.82) is 0 Å². The molecule has 4 aromatic heterocycles. The van der Waals surface area contributed by atoms with Crippen molar-refractivity contribution in [2.24, 2.45) is 0 Å². The second-order valence-electron chi connectivity index (χ2n) is 23.1. The molecule has 0 atom stereocenters. The average Bonchev–Trinajstić information content (AvgIpc) is 4.19. The van der Waals surface area contributed by atoms with Crippen LogP contribution in [0.4, 0.5) is 0 Å². The van der Waals surface area contributed by atoms with E-state index in [-0.39, 0.29) is 0 Å². The monoisotopic (exact) mass is 1070 g/mol. The molecule has 0 unspecified atom stereocenters. The van der Waals surface area contributed by atoms with Gasteiger partial charge in [-0.1, -0.05) is 281 Å². The standard InChI is InChI=1S/C70H98S4/c1-3-5-7-9-11-13-15-17-19-21-23-25-27-29-31-33-35-37-39-55-43-47-59-63(51-55)71-69-61-49-45-57(53-65(61)73-67(59)69)41-42-58-46-50-62-66(54-58)74-68-60-48-44-56(52-64(60)72-70(62)68)40-38-36-34-32-30-28-26-24-22-20-18-16-14-12-10-8-6-4-2/h43-54H,3-42H2,1-2H3. The van der Waals surface area contributed by atoms with Crippen LogP contribution < -0.4 is 0 Å². The van der Waals surface area contributed by atoms with E-state index in [4.69, 9.17) is 0 Å². The van der Waals surface area contributed by atoms with Crippen LogP contribution in [0.2, 0.25) is 0 Å². The predicted molar refractivity (Wildman–Crippen MR) is 342 cm³/mol. The van der Waals surface area contributed by atoms with Crippen molar-refractivity contribution in [3.8, 4) is 0 Å². The molecule has 0 aliphatic rings. The zero-order chi connectivity index (χ0) is 50.8. The Morgan fingerprint density at radius 1 is 0.216 bits per heavy atom. The van der Waals surface area contributed by atoms with Crippen LogP contribution in [-0.2, 0) is 25.7 Å². The van der Waals surface area contributed by atoms with Crippen molar-refractivity contribution in [3.05, 3.63) is 95.1 Å². The van der Waals surface area contributed by atoms with Gasteiger partial charge in [-0.15, -0.1) is 45.3 Å². The Kier molecular flexibility index (Phi) is 25.5. The fourth-order valence-corrected chi connectivity index (χ4v) is 17.6. The summed E-state index contributed by atoms with van der Waals surface area (Å²) in [6, 6.07) is 29.4. The Morgan fingerprint density at radius 3 is 0.622 bits per heavy atom. The second-order valence-corrected chi connectivity index (χ2v) is 27.3. The molecule has 0 radical (unpaired) electrons. The molecule has 4 heterocycles. The van der Waals surface area contributed by atoms with Crippen LogP contribution in [-0.4, -0.2) is 0 Å². The van der Waals surface area contributed by atoms with E-state index in [0.29, 0.717) is 0 Å². The third-order valence-corrected chi connectivity index (χ3v) is 21.8. The maximum atomic E-state index is 2.51. The van der Waals surface area contributed by atoms with Gasteiger partial charge in [0.25, 0.3) is 0 Å². The summed E-state index contributed by atoms with van der Waals surface area (Å²) in [5, 5.41) is 5.82. The number of hydrogen-bond acceptors (Lipinski definition) is 4. The van der Waals surface area contributed by atoms with Gasteiger partial charge >= 0.3 is 0 Å². The number of fused-ring (bicyclic) bond motifs is 10. The van der Waals surface area contributed by atoms with Crippen LogP contribution in [0, 0.1) is 0 Å². The van der Waals surface area contributed by atoms with Crippen molar-refractivity contribution in [2.75, 3.05) is 0 Å². The summed E-state index contributed by atoms with van der Waals surface area (Å²) in [6.45, 7) is 4.62. The molecule has 0 aliphatic heterocycles. The molecule has 0 spiro atoms. The van der Waals surface area contributed by atoms with Crippen molar-refractivity contribution in [1.82, 2.24) is 0 Å². The van der Waals surface area contributed by atoms with E-state index in [0.717, 1.165) is 12.8 Å². The first-order valence-electron chi connectivity index (χ1n) is 31.4. The summed E-state index contributed by atoms with van der Waals surface area (Å²) in [7, 11) is 0. The summed E-state index contributed by atoms with van der Waals surface area (Å²) in [5.41, 5.74) is 5.97. The number of thiophene rings is 4. The SMILES string of the molecule is CCCCCCCCCCCCCCCCCCCCc1ccc2c(c1)sc1c3ccc(CCc4ccc5c(c4)sc4c6ccc(CCCCCCCCCCCCCCCCCCCC)cc6sc54)cc3sc21. The van der Waals surface area contributed by atoms with Gasteiger partial charge in [-0.05, 0) is 85.0 Å². The van der Waals surface area contributed by atoms with E-state index < -0.39 is 0 Å². The largest absolute Gasteiger partial charge is 0.134 e. The topological polar surface area (TPSA) is 0 Å². The first-order valence-corrected chi connectivity index (χ1v) is 34.7. The summed E-state index contributed by atoms with van der Waals surface area (Å²) in [4.78, 5) is 0. The summed E-state index contributed by atoms with van der Waals surface area (Å²) < 4.78 is 11.8. The van der Waals surface area contributed by atoms with Gasteiger partial charge in [-0.3, -0.25) is 0 Å². The van der Waals surface area contributed by atoms with Crippen LogP contribution in [0.1, 0.15) is 267 Å². The van der Waals surface area contributed by atoms with Crippen molar-refractivity contribution in [3.63, 3.8) is 0 Å². The normalized spacial score (nSPS) is 12.2. The number of hydrogen-bond donors (Lipinski definition) is 0. The van der Waals surface area contributed by atoms with Crippen molar-refractivity contribution in [2.45, 2.75) is 271 Å². The Morgan fingerprint density at radius 2 is 0.405 bits per heavy atom. The summed E-state index contributed by atoms with van der Waals surface area (Å²) >= 11 is 8.07. The van der Waals surface area contributed by atoms with Crippen LogP contribution in [0.15, 0.2) is 72.8 Å². The van der Waals surface area contributed by atoms with E-state index in [2.05, 4.69) is 86.6 Å². The molecule has 0 N–H and O–H groups in total. The van der Waals surface area contributed by atoms with Gasteiger partial charge in [0, 0.05) is 40.3 Å². The lowest BCUT2D eigenvalue weighted by Crippen LogP contribution is -1.90. The highest BCUT2D eigenvalue weighted by molar-refractivity contribution is 7.37. The quantitative estimate of drug-likeness (QED) is 0.0335. The van der Waals surface area contributed by atoms with Crippen LogP contribution in [0.3, 0.4) is 0 Å². The van der Waals surface area contributed by atoms with Gasteiger partial charge in [0.2, 0.25) is 0 Å². The first kappa shape index (κ1) is 57.4. The van der Waals surface area contributed by atoms with Gasteiger partial charge in [-0.2, -0.15) is 0 Å². The minimum absolute atomic E-state index is 1.08. The Balaban J connectivity index is 0.700. The lowest BCUT2D eigenvalue weighted by atomic mass is 10.0. The highest BCUT2D eigenvalue weighted by Crippen LogP contribution is 2.46. The number of benzene rings is 4. The van der Waals surface area contributed by atoms with E-state index in [1.54, 1.807) is 0 Å². The molecular formula is C70H98S4. The van der Waals surface area contributed by atoms with Gasteiger partial charge < -0.3 is 0 Å². The molecule has 0 aliphatic carbocycles. The van der Waals surface area contributed by atoms with Gasteiger partial charge in [0.05, 0.1) is 18.8 Å².